The van der Waals surface area contributed by atoms with Gasteiger partial charge in [0, 0.05) is 17.7 Å². The lowest BCUT2D eigenvalue weighted by Crippen LogP contribution is -1.97. The maximum atomic E-state index is 13.8. The van der Waals surface area contributed by atoms with Gasteiger partial charge in [-0.3, -0.25) is 10.1 Å². The van der Waals surface area contributed by atoms with Crippen molar-refractivity contribution in [2.45, 2.75) is 0 Å². The second-order valence-corrected chi connectivity index (χ2v) is 3.81. The van der Waals surface area contributed by atoms with Crippen molar-refractivity contribution in [1.29, 1.82) is 0 Å². The highest BCUT2D eigenvalue weighted by Gasteiger charge is 2.12. The van der Waals surface area contributed by atoms with E-state index in [4.69, 9.17) is 5.11 Å². The second kappa shape index (κ2) is 4.85. The number of carboxylic acid groups (broad SMARTS) is 1. The molecule has 6 heteroatoms. The summed E-state index contributed by atoms with van der Waals surface area (Å²) >= 11 is 0. The van der Waals surface area contributed by atoms with Gasteiger partial charge in [-0.05, 0) is 17.7 Å². The van der Waals surface area contributed by atoms with Crippen LogP contribution in [0.4, 0.5) is 10.1 Å². The highest BCUT2D eigenvalue weighted by atomic mass is 19.1. The zero-order valence-electron chi connectivity index (χ0n) is 9.54. The molecule has 0 saturated heterocycles. The molecule has 0 aromatic heterocycles. The Morgan fingerprint density at radius 1 is 1.21 bits per heavy atom. The molecule has 96 valence electrons. The van der Waals surface area contributed by atoms with Gasteiger partial charge >= 0.3 is 5.97 Å². The lowest BCUT2D eigenvalue weighted by molar-refractivity contribution is -0.384. The molecule has 0 unspecified atom stereocenters. The number of hydrogen-bond acceptors (Lipinski definition) is 3. The van der Waals surface area contributed by atoms with Gasteiger partial charge in [-0.25, -0.2) is 9.18 Å². The topological polar surface area (TPSA) is 80.4 Å². The van der Waals surface area contributed by atoms with E-state index in [0.717, 1.165) is 6.07 Å². The quantitative estimate of drug-likeness (QED) is 0.680. The van der Waals surface area contributed by atoms with E-state index in [1.54, 1.807) is 0 Å². The minimum absolute atomic E-state index is 0.119. The Kier molecular flexibility index (Phi) is 3.24. The van der Waals surface area contributed by atoms with Crippen molar-refractivity contribution in [3.05, 3.63) is 64.0 Å². The van der Waals surface area contributed by atoms with Crippen molar-refractivity contribution in [3.63, 3.8) is 0 Å². The van der Waals surface area contributed by atoms with Gasteiger partial charge in [-0.1, -0.05) is 18.2 Å². The van der Waals surface area contributed by atoms with E-state index >= 15 is 0 Å². The van der Waals surface area contributed by atoms with Crippen molar-refractivity contribution in [2.75, 3.05) is 0 Å². The Morgan fingerprint density at radius 3 is 2.53 bits per heavy atom. The van der Waals surface area contributed by atoms with E-state index in [1.165, 1.54) is 36.4 Å². The van der Waals surface area contributed by atoms with Crippen molar-refractivity contribution < 1.29 is 19.2 Å². The molecule has 0 fully saturated rings. The normalized spacial score (nSPS) is 10.2. The summed E-state index contributed by atoms with van der Waals surface area (Å²) in [5.74, 6) is -1.97. The van der Waals surface area contributed by atoms with Crippen LogP contribution in [-0.2, 0) is 0 Å². The van der Waals surface area contributed by atoms with E-state index in [0.29, 0.717) is 5.56 Å². The number of rotatable bonds is 3. The van der Waals surface area contributed by atoms with E-state index < -0.39 is 16.7 Å². The molecule has 5 nitrogen and oxygen atoms in total. The first-order valence-electron chi connectivity index (χ1n) is 5.26. The van der Waals surface area contributed by atoms with Gasteiger partial charge in [-0.15, -0.1) is 0 Å². The first-order valence-corrected chi connectivity index (χ1v) is 5.26. The summed E-state index contributed by atoms with van der Waals surface area (Å²) in [6.45, 7) is 0. The van der Waals surface area contributed by atoms with Gasteiger partial charge in [0.15, 0.2) is 0 Å². The van der Waals surface area contributed by atoms with Crippen LogP contribution in [0.1, 0.15) is 10.4 Å². The smallest absolute Gasteiger partial charge is 0.335 e. The van der Waals surface area contributed by atoms with Crippen LogP contribution in [0.2, 0.25) is 0 Å². The number of aromatic carboxylic acids is 1. The van der Waals surface area contributed by atoms with Gasteiger partial charge < -0.3 is 5.11 Å². The first-order chi connectivity index (χ1) is 8.99. The Balaban J connectivity index is 2.50. The van der Waals surface area contributed by atoms with Crippen LogP contribution in [0.5, 0.6) is 0 Å². The van der Waals surface area contributed by atoms with Crippen LogP contribution in [0, 0.1) is 15.9 Å². The average molecular weight is 261 g/mol. The number of carbonyl (C=O) groups is 1. The highest BCUT2D eigenvalue weighted by molar-refractivity contribution is 5.88. The molecule has 0 saturated carbocycles. The SMILES string of the molecule is O=C(O)c1ccc(-c2cccc([N+](=O)[O-])c2)c(F)c1. The fourth-order valence-electron chi connectivity index (χ4n) is 1.67. The summed E-state index contributed by atoms with van der Waals surface area (Å²) in [4.78, 5) is 20.8. The maximum Gasteiger partial charge on any atom is 0.335 e. The molecule has 0 amide bonds. The molecule has 2 aromatic rings. The monoisotopic (exact) mass is 261 g/mol. The molecule has 0 aliphatic rings. The third kappa shape index (κ3) is 2.57. The van der Waals surface area contributed by atoms with E-state index in [1.807, 2.05) is 0 Å². The predicted molar refractivity (Wildman–Crippen MR) is 65.4 cm³/mol. The number of nitro benzene ring substituents is 1. The van der Waals surface area contributed by atoms with Gasteiger partial charge in [0.2, 0.25) is 0 Å². The molecule has 0 radical (unpaired) electrons. The second-order valence-electron chi connectivity index (χ2n) is 3.81. The maximum absolute atomic E-state index is 13.8. The summed E-state index contributed by atoms with van der Waals surface area (Å²) in [5.41, 5.74) is 0.114. The number of carboxylic acids is 1. The van der Waals surface area contributed by atoms with Crippen LogP contribution >= 0.6 is 0 Å². The molecule has 1 N–H and O–H groups in total. The number of halogens is 1. The molecule has 0 heterocycles. The fourth-order valence-corrected chi connectivity index (χ4v) is 1.67. The Hall–Kier alpha value is -2.76. The van der Waals surface area contributed by atoms with E-state index in [2.05, 4.69) is 0 Å². The third-order valence-corrected chi connectivity index (χ3v) is 2.58. The Labute approximate surface area is 107 Å². The number of hydrogen-bond donors (Lipinski definition) is 1. The number of nitrogens with zero attached hydrogens (tertiary/aromatic N) is 1. The van der Waals surface area contributed by atoms with Gasteiger partial charge in [-0.2, -0.15) is 0 Å². The van der Waals surface area contributed by atoms with Crippen LogP contribution in [0.25, 0.3) is 11.1 Å². The summed E-state index contributed by atoms with van der Waals surface area (Å²) in [7, 11) is 0. The fraction of sp³-hybridized carbons (Fsp3) is 0. The van der Waals surface area contributed by atoms with Crippen LogP contribution in [-0.4, -0.2) is 16.0 Å². The van der Waals surface area contributed by atoms with Crippen molar-refractivity contribution >= 4 is 11.7 Å². The van der Waals surface area contributed by atoms with Gasteiger partial charge in [0.25, 0.3) is 5.69 Å². The molecular weight excluding hydrogens is 253 g/mol. The zero-order chi connectivity index (χ0) is 14.0. The average Bonchev–Trinajstić information content (AvgIpc) is 2.38. The highest BCUT2D eigenvalue weighted by Crippen LogP contribution is 2.26. The molecule has 2 aromatic carbocycles. The molecule has 2 rings (SSSR count). The lowest BCUT2D eigenvalue weighted by Gasteiger charge is -2.04. The van der Waals surface area contributed by atoms with Crippen molar-refractivity contribution in [2.24, 2.45) is 0 Å². The van der Waals surface area contributed by atoms with Crippen molar-refractivity contribution in [1.82, 2.24) is 0 Å². The van der Waals surface area contributed by atoms with E-state index in [-0.39, 0.29) is 16.8 Å². The Morgan fingerprint density at radius 2 is 1.95 bits per heavy atom. The first kappa shape index (κ1) is 12.7. The molecule has 0 atom stereocenters. The number of non-ortho nitro benzene ring substituents is 1. The number of nitro groups is 1. The largest absolute Gasteiger partial charge is 0.478 e. The van der Waals surface area contributed by atoms with Crippen molar-refractivity contribution in [3.8, 4) is 11.1 Å². The van der Waals surface area contributed by atoms with Crippen LogP contribution < -0.4 is 0 Å². The Bertz CT molecular complexity index is 669. The van der Waals surface area contributed by atoms with Gasteiger partial charge in [0.1, 0.15) is 5.82 Å². The number of benzene rings is 2. The molecular formula is C13H8FNO4. The minimum atomic E-state index is -1.23. The van der Waals surface area contributed by atoms with Crippen LogP contribution in [0.3, 0.4) is 0 Å². The van der Waals surface area contributed by atoms with Crippen LogP contribution in [0.15, 0.2) is 42.5 Å². The molecule has 0 aliphatic heterocycles. The predicted octanol–water partition coefficient (Wildman–Crippen LogP) is 3.10. The van der Waals surface area contributed by atoms with Gasteiger partial charge in [0.05, 0.1) is 10.5 Å². The summed E-state index contributed by atoms with van der Waals surface area (Å²) in [5, 5.41) is 19.4. The molecule has 0 aliphatic carbocycles. The lowest BCUT2D eigenvalue weighted by atomic mass is 10.0. The molecule has 0 spiro atoms. The minimum Gasteiger partial charge on any atom is -0.478 e. The van der Waals surface area contributed by atoms with E-state index in [9.17, 15) is 19.3 Å². The summed E-state index contributed by atoms with van der Waals surface area (Å²) in [6, 6.07) is 8.92. The summed E-state index contributed by atoms with van der Waals surface area (Å²) in [6.07, 6.45) is 0. The zero-order valence-corrected chi connectivity index (χ0v) is 9.54. The molecule has 0 bridgehead atoms. The third-order valence-electron chi connectivity index (χ3n) is 2.58. The standard InChI is InChI=1S/C13H8FNO4/c14-12-7-9(13(16)17)4-5-11(12)8-2-1-3-10(6-8)15(18)19/h1-7H,(H,16,17). The molecule has 19 heavy (non-hydrogen) atoms. The summed E-state index contributed by atoms with van der Waals surface area (Å²) < 4.78 is 13.8.